The Kier molecular flexibility index (Phi) is 3.06. The second-order valence-corrected chi connectivity index (χ2v) is 4.73. The zero-order valence-corrected chi connectivity index (χ0v) is 9.87. The van der Waals surface area contributed by atoms with Gasteiger partial charge >= 0.3 is 0 Å². The van der Waals surface area contributed by atoms with Gasteiger partial charge in [-0.05, 0) is 25.8 Å². The average molecular weight is 243 g/mol. The number of rotatable bonds is 2. The second-order valence-electron chi connectivity index (χ2n) is 4.30. The molecule has 2 rings (SSSR count). The summed E-state index contributed by atoms with van der Waals surface area (Å²) in [6.45, 7) is 2.55. The zero-order valence-electron chi connectivity index (χ0n) is 9.11. The summed E-state index contributed by atoms with van der Waals surface area (Å²) in [4.78, 5) is 3.93. The maximum Gasteiger partial charge on any atom is 0.129 e. The Hall–Kier alpha value is -0.840. The number of anilines is 1. The molecule has 16 heavy (non-hydrogen) atoms. The fraction of sp³-hybridized carbons (Fsp3) is 0.545. The van der Waals surface area contributed by atoms with Gasteiger partial charge in [0.15, 0.2) is 0 Å². The molecule has 1 aromatic rings. The van der Waals surface area contributed by atoms with Crippen LogP contribution in [0.5, 0.6) is 0 Å². The van der Waals surface area contributed by atoms with Crippen LogP contribution in [0, 0.1) is 0 Å². The number of nitrogens with zero attached hydrogens (tertiary/aromatic N) is 1. The molecule has 0 aliphatic carbocycles. The Morgan fingerprint density at radius 1 is 1.69 bits per heavy atom. The van der Waals surface area contributed by atoms with Crippen molar-refractivity contribution >= 4 is 17.4 Å². The number of pyridine rings is 1. The molecule has 1 saturated heterocycles. The highest BCUT2D eigenvalue weighted by Gasteiger charge is 2.39. The van der Waals surface area contributed by atoms with Crippen LogP contribution in [0.2, 0.25) is 5.02 Å². The van der Waals surface area contributed by atoms with Crippen molar-refractivity contribution in [2.75, 3.05) is 12.3 Å². The standard InChI is InChI=1S/C11H15ClN2O2/c1-11(3-2-4-16-11)9(15)8-5-7(12)6-14-10(8)13/h5-6,9,15H,2-4H2,1H3,(H2,13,14). The van der Waals surface area contributed by atoms with Gasteiger partial charge in [-0.25, -0.2) is 4.98 Å². The van der Waals surface area contributed by atoms with Crippen molar-refractivity contribution in [1.29, 1.82) is 0 Å². The lowest BCUT2D eigenvalue weighted by atomic mass is 9.90. The number of ether oxygens (including phenoxy) is 1. The third-order valence-electron chi connectivity index (χ3n) is 3.04. The molecule has 2 unspecified atom stereocenters. The summed E-state index contributed by atoms with van der Waals surface area (Å²) in [5.41, 5.74) is 5.69. The summed E-state index contributed by atoms with van der Waals surface area (Å²) in [6.07, 6.45) is 2.42. The third kappa shape index (κ3) is 2.00. The molecule has 0 bridgehead atoms. The molecule has 1 aliphatic rings. The summed E-state index contributed by atoms with van der Waals surface area (Å²) in [7, 11) is 0. The van der Waals surface area contributed by atoms with E-state index < -0.39 is 11.7 Å². The molecule has 1 aliphatic heterocycles. The number of nitrogen functional groups attached to an aromatic ring is 1. The van der Waals surface area contributed by atoms with E-state index in [9.17, 15) is 5.11 Å². The van der Waals surface area contributed by atoms with Crippen molar-refractivity contribution in [3.63, 3.8) is 0 Å². The van der Waals surface area contributed by atoms with E-state index in [2.05, 4.69) is 4.98 Å². The first kappa shape index (κ1) is 11.6. The smallest absolute Gasteiger partial charge is 0.129 e. The lowest BCUT2D eigenvalue weighted by molar-refractivity contribution is -0.0794. The topological polar surface area (TPSA) is 68.4 Å². The predicted octanol–water partition coefficient (Wildman–Crippen LogP) is 1.92. The van der Waals surface area contributed by atoms with E-state index in [1.54, 1.807) is 6.07 Å². The van der Waals surface area contributed by atoms with Gasteiger partial charge in [0.05, 0.1) is 10.6 Å². The van der Waals surface area contributed by atoms with Crippen molar-refractivity contribution in [1.82, 2.24) is 4.98 Å². The SMILES string of the molecule is CC1(C(O)c2cc(Cl)cnc2N)CCCO1. The molecule has 2 heterocycles. The van der Waals surface area contributed by atoms with Crippen LogP contribution in [0.4, 0.5) is 5.82 Å². The minimum Gasteiger partial charge on any atom is -0.385 e. The van der Waals surface area contributed by atoms with Gasteiger partial charge in [-0.15, -0.1) is 0 Å². The van der Waals surface area contributed by atoms with E-state index in [1.165, 1.54) is 6.20 Å². The van der Waals surface area contributed by atoms with Gasteiger partial charge in [0.25, 0.3) is 0 Å². The molecule has 0 radical (unpaired) electrons. The summed E-state index contributed by atoms with van der Waals surface area (Å²) < 4.78 is 5.58. The molecule has 88 valence electrons. The number of aliphatic hydroxyl groups is 1. The molecule has 0 spiro atoms. The number of aromatic nitrogens is 1. The van der Waals surface area contributed by atoms with Crippen molar-refractivity contribution in [3.8, 4) is 0 Å². The van der Waals surface area contributed by atoms with Gasteiger partial charge in [-0.1, -0.05) is 11.6 Å². The van der Waals surface area contributed by atoms with Gasteiger partial charge in [0.1, 0.15) is 11.9 Å². The van der Waals surface area contributed by atoms with Crippen molar-refractivity contribution in [2.45, 2.75) is 31.5 Å². The molecular formula is C11H15ClN2O2. The summed E-state index contributed by atoms with van der Waals surface area (Å²) in [5.74, 6) is 0.300. The Bertz CT molecular complexity index is 392. The average Bonchev–Trinajstić information content (AvgIpc) is 2.69. The van der Waals surface area contributed by atoms with E-state index in [0.29, 0.717) is 23.0 Å². The minimum absolute atomic E-state index is 0.300. The molecule has 0 saturated carbocycles. The predicted molar refractivity (Wildman–Crippen MR) is 62.2 cm³/mol. The first-order valence-electron chi connectivity index (χ1n) is 5.26. The first-order chi connectivity index (χ1) is 7.53. The summed E-state index contributed by atoms with van der Waals surface area (Å²) in [5, 5.41) is 10.7. The van der Waals surface area contributed by atoms with Crippen LogP contribution in [-0.4, -0.2) is 22.3 Å². The zero-order chi connectivity index (χ0) is 11.8. The van der Waals surface area contributed by atoms with Crippen LogP contribution in [-0.2, 0) is 4.74 Å². The second kappa shape index (κ2) is 4.20. The summed E-state index contributed by atoms with van der Waals surface area (Å²) in [6, 6.07) is 1.64. The van der Waals surface area contributed by atoms with Crippen LogP contribution in [0.1, 0.15) is 31.4 Å². The Labute approximate surface area is 99.4 Å². The number of hydrogen-bond donors (Lipinski definition) is 2. The molecule has 1 aromatic heterocycles. The first-order valence-corrected chi connectivity index (χ1v) is 5.64. The van der Waals surface area contributed by atoms with Crippen molar-refractivity contribution in [2.24, 2.45) is 0 Å². The molecule has 4 nitrogen and oxygen atoms in total. The third-order valence-corrected chi connectivity index (χ3v) is 3.25. The Balaban J connectivity index is 2.32. The molecule has 0 amide bonds. The number of halogens is 1. The molecule has 0 aromatic carbocycles. The monoisotopic (exact) mass is 242 g/mol. The molecule has 5 heteroatoms. The van der Waals surface area contributed by atoms with Crippen LogP contribution in [0.3, 0.4) is 0 Å². The van der Waals surface area contributed by atoms with Gasteiger partial charge in [0, 0.05) is 18.4 Å². The highest BCUT2D eigenvalue weighted by Crippen LogP contribution is 2.39. The minimum atomic E-state index is -0.791. The Morgan fingerprint density at radius 3 is 3.06 bits per heavy atom. The molecule has 2 atom stereocenters. The molecule has 1 fully saturated rings. The molecule has 3 N–H and O–H groups in total. The van der Waals surface area contributed by atoms with E-state index in [-0.39, 0.29) is 0 Å². The van der Waals surface area contributed by atoms with Crippen LogP contribution < -0.4 is 5.73 Å². The normalized spacial score (nSPS) is 26.9. The fourth-order valence-electron chi connectivity index (χ4n) is 2.03. The van der Waals surface area contributed by atoms with Gasteiger partial charge < -0.3 is 15.6 Å². The lowest BCUT2D eigenvalue weighted by Crippen LogP contribution is -2.32. The van der Waals surface area contributed by atoms with Crippen molar-refractivity contribution in [3.05, 3.63) is 22.8 Å². The van der Waals surface area contributed by atoms with Gasteiger partial charge in [-0.2, -0.15) is 0 Å². The maximum atomic E-state index is 10.3. The highest BCUT2D eigenvalue weighted by molar-refractivity contribution is 6.30. The number of nitrogens with two attached hydrogens (primary N) is 1. The highest BCUT2D eigenvalue weighted by atomic mass is 35.5. The van der Waals surface area contributed by atoms with E-state index in [0.717, 1.165) is 12.8 Å². The van der Waals surface area contributed by atoms with Crippen LogP contribution in [0.15, 0.2) is 12.3 Å². The van der Waals surface area contributed by atoms with Crippen molar-refractivity contribution < 1.29 is 9.84 Å². The largest absolute Gasteiger partial charge is 0.385 e. The molecular weight excluding hydrogens is 228 g/mol. The van der Waals surface area contributed by atoms with E-state index in [4.69, 9.17) is 22.1 Å². The quantitative estimate of drug-likeness (QED) is 0.832. The van der Waals surface area contributed by atoms with Crippen LogP contribution in [0.25, 0.3) is 0 Å². The van der Waals surface area contributed by atoms with E-state index in [1.807, 2.05) is 6.92 Å². The Morgan fingerprint density at radius 2 is 2.44 bits per heavy atom. The van der Waals surface area contributed by atoms with Gasteiger partial charge in [-0.3, -0.25) is 0 Å². The maximum absolute atomic E-state index is 10.3. The van der Waals surface area contributed by atoms with E-state index >= 15 is 0 Å². The lowest BCUT2D eigenvalue weighted by Gasteiger charge is -2.30. The fourth-order valence-corrected chi connectivity index (χ4v) is 2.20. The van der Waals surface area contributed by atoms with Gasteiger partial charge in [0.2, 0.25) is 0 Å². The number of hydrogen-bond acceptors (Lipinski definition) is 4. The number of aliphatic hydroxyl groups excluding tert-OH is 1. The summed E-state index contributed by atoms with van der Waals surface area (Å²) >= 11 is 5.84. The van der Waals surface area contributed by atoms with Crippen LogP contribution >= 0.6 is 11.6 Å².